The lowest BCUT2D eigenvalue weighted by Gasteiger charge is -2.24. The summed E-state index contributed by atoms with van der Waals surface area (Å²) in [5.74, 6) is -0.216. The summed E-state index contributed by atoms with van der Waals surface area (Å²) in [6, 6.07) is 12.7. The highest BCUT2D eigenvalue weighted by Crippen LogP contribution is 2.18. The Kier molecular flexibility index (Phi) is 7.73. The second kappa shape index (κ2) is 10.0. The van der Waals surface area contributed by atoms with Crippen molar-refractivity contribution in [2.24, 2.45) is 0 Å². The maximum Gasteiger partial charge on any atom is 0.407 e. The van der Waals surface area contributed by atoms with E-state index < -0.39 is 23.8 Å². The van der Waals surface area contributed by atoms with Gasteiger partial charge < -0.3 is 20.5 Å². The van der Waals surface area contributed by atoms with Crippen LogP contribution in [0.5, 0.6) is 0 Å². The summed E-state index contributed by atoms with van der Waals surface area (Å²) < 4.78 is 5.16. The summed E-state index contributed by atoms with van der Waals surface area (Å²) in [4.78, 5) is 28.3. The third kappa shape index (κ3) is 7.91. The van der Waals surface area contributed by atoms with Crippen LogP contribution in [-0.2, 0) is 16.0 Å². The molecule has 29 heavy (non-hydrogen) atoms. The normalized spacial score (nSPS) is 13.3. The van der Waals surface area contributed by atoms with E-state index in [1.54, 1.807) is 33.9 Å². The number of hydrogen-bond acceptors (Lipinski definition) is 5. The average Bonchev–Trinajstić information content (AvgIpc) is 2.65. The molecule has 1 aromatic heterocycles. The molecule has 3 N–H and O–H groups in total. The van der Waals surface area contributed by atoms with Gasteiger partial charge in [-0.15, -0.1) is 0 Å². The van der Waals surface area contributed by atoms with Crippen molar-refractivity contribution < 1.29 is 19.4 Å². The van der Waals surface area contributed by atoms with Gasteiger partial charge >= 0.3 is 6.09 Å². The predicted octanol–water partition coefficient (Wildman–Crippen LogP) is 2.68. The lowest BCUT2D eigenvalue weighted by molar-refractivity contribution is -0.120. The van der Waals surface area contributed by atoms with Crippen LogP contribution in [0.25, 0.3) is 11.3 Å². The Morgan fingerprint density at radius 3 is 2.59 bits per heavy atom. The number of aliphatic hydroxyl groups is 1. The standard InChI is InChI=1S/C22H29N3O4/c1-15(25-21(28)29-22(2,3)4)19(26)14-24-20(27)13-16-8-7-9-17(12-16)18-10-5-6-11-23-18/h5-12,15,19,26H,13-14H2,1-4H3,(H,24,27)(H,25,28)/t15-,19?/m0/s1. The fraction of sp³-hybridized carbons (Fsp3) is 0.409. The summed E-state index contributed by atoms with van der Waals surface area (Å²) in [7, 11) is 0. The van der Waals surface area contributed by atoms with Crippen LogP contribution in [0.15, 0.2) is 48.7 Å². The molecule has 0 fully saturated rings. The fourth-order valence-corrected chi connectivity index (χ4v) is 2.61. The zero-order valence-corrected chi connectivity index (χ0v) is 17.3. The number of aliphatic hydroxyl groups excluding tert-OH is 1. The molecular formula is C22H29N3O4. The number of rotatable bonds is 7. The summed E-state index contributed by atoms with van der Waals surface area (Å²) in [5, 5.41) is 15.4. The van der Waals surface area contributed by atoms with E-state index in [1.807, 2.05) is 42.5 Å². The molecule has 2 amide bonds. The number of pyridine rings is 1. The first-order valence-corrected chi connectivity index (χ1v) is 9.58. The number of carbonyl (C=O) groups excluding carboxylic acids is 2. The van der Waals surface area contributed by atoms with Gasteiger partial charge in [-0.3, -0.25) is 9.78 Å². The SMILES string of the molecule is C[C@H](NC(=O)OC(C)(C)C)C(O)CNC(=O)Cc1cccc(-c2ccccn2)c1. The van der Waals surface area contributed by atoms with Crippen LogP contribution >= 0.6 is 0 Å². The van der Waals surface area contributed by atoms with Crippen LogP contribution < -0.4 is 10.6 Å². The van der Waals surface area contributed by atoms with Gasteiger partial charge in [-0.25, -0.2) is 4.79 Å². The molecule has 0 saturated heterocycles. The third-order valence-corrected chi connectivity index (χ3v) is 4.08. The van der Waals surface area contributed by atoms with E-state index in [9.17, 15) is 14.7 Å². The highest BCUT2D eigenvalue weighted by Gasteiger charge is 2.21. The number of nitrogens with one attached hydrogen (secondary N) is 2. The number of benzene rings is 1. The number of aromatic nitrogens is 1. The predicted molar refractivity (Wildman–Crippen MR) is 111 cm³/mol. The lowest BCUT2D eigenvalue weighted by Crippen LogP contribution is -2.48. The number of nitrogens with zero attached hydrogens (tertiary/aromatic N) is 1. The molecule has 0 spiro atoms. The van der Waals surface area contributed by atoms with E-state index in [0.29, 0.717) is 0 Å². The highest BCUT2D eigenvalue weighted by atomic mass is 16.6. The smallest absolute Gasteiger partial charge is 0.407 e. The van der Waals surface area contributed by atoms with E-state index in [0.717, 1.165) is 16.8 Å². The van der Waals surface area contributed by atoms with Gasteiger partial charge in [0.2, 0.25) is 5.91 Å². The van der Waals surface area contributed by atoms with E-state index in [2.05, 4.69) is 15.6 Å². The highest BCUT2D eigenvalue weighted by molar-refractivity contribution is 5.79. The number of ether oxygens (including phenoxy) is 1. The van der Waals surface area contributed by atoms with Crippen LogP contribution in [0.1, 0.15) is 33.3 Å². The summed E-state index contributed by atoms with van der Waals surface area (Å²) in [5.41, 5.74) is 2.01. The Bertz CT molecular complexity index is 818. The molecule has 1 heterocycles. The van der Waals surface area contributed by atoms with Crippen LogP contribution in [0.4, 0.5) is 4.79 Å². The molecule has 156 valence electrons. The number of amides is 2. The third-order valence-electron chi connectivity index (χ3n) is 4.08. The molecule has 0 aliphatic carbocycles. The summed E-state index contributed by atoms with van der Waals surface area (Å²) >= 11 is 0. The second-order valence-corrected chi connectivity index (χ2v) is 7.90. The van der Waals surface area contributed by atoms with Crippen molar-refractivity contribution in [1.82, 2.24) is 15.6 Å². The second-order valence-electron chi connectivity index (χ2n) is 7.90. The first kappa shape index (κ1) is 22.4. The molecule has 2 atom stereocenters. The molecule has 0 saturated carbocycles. The van der Waals surface area contributed by atoms with Crippen molar-refractivity contribution in [2.75, 3.05) is 6.54 Å². The maximum atomic E-state index is 12.2. The number of hydrogen-bond donors (Lipinski definition) is 3. The molecule has 2 aromatic rings. The van der Waals surface area contributed by atoms with Gasteiger partial charge in [0.1, 0.15) is 5.60 Å². The largest absolute Gasteiger partial charge is 0.444 e. The zero-order chi connectivity index (χ0) is 21.4. The van der Waals surface area contributed by atoms with Gasteiger partial charge in [-0.2, -0.15) is 0 Å². The molecule has 0 bridgehead atoms. The zero-order valence-electron chi connectivity index (χ0n) is 17.3. The fourth-order valence-electron chi connectivity index (χ4n) is 2.61. The van der Waals surface area contributed by atoms with Gasteiger partial charge in [0.15, 0.2) is 0 Å². The van der Waals surface area contributed by atoms with Crippen molar-refractivity contribution in [3.8, 4) is 11.3 Å². The Balaban J connectivity index is 1.83. The number of alkyl carbamates (subject to hydrolysis) is 1. The Hall–Kier alpha value is -2.93. The van der Waals surface area contributed by atoms with E-state index in [1.165, 1.54) is 0 Å². The van der Waals surface area contributed by atoms with E-state index in [-0.39, 0.29) is 18.9 Å². The minimum atomic E-state index is -0.939. The van der Waals surface area contributed by atoms with Crippen LogP contribution in [0.2, 0.25) is 0 Å². The molecule has 7 heteroatoms. The maximum absolute atomic E-state index is 12.2. The minimum absolute atomic E-state index is 0.0235. The van der Waals surface area contributed by atoms with Gasteiger partial charge in [0.25, 0.3) is 0 Å². The van der Waals surface area contributed by atoms with Crippen molar-refractivity contribution in [1.29, 1.82) is 0 Å². The first-order valence-electron chi connectivity index (χ1n) is 9.58. The summed E-state index contributed by atoms with van der Waals surface area (Å²) in [6.07, 6.45) is 0.358. The van der Waals surface area contributed by atoms with Crippen molar-refractivity contribution in [3.05, 3.63) is 54.2 Å². The average molecular weight is 399 g/mol. The summed E-state index contributed by atoms with van der Waals surface area (Å²) in [6.45, 7) is 6.96. The quantitative estimate of drug-likeness (QED) is 0.665. The van der Waals surface area contributed by atoms with Crippen molar-refractivity contribution in [2.45, 2.75) is 51.9 Å². The molecule has 0 aliphatic heterocycles. The van der Waals surface area contributed by atoms with Crippen LogP contribution in [0, 0.1) is 0 Å². The monoisotopic (exact) mass is 399 g/mol. The van der Waals surface area contributed by atoms with Crippen LogP contribution in [-0.4, -0.2) is 46.4 Å². The van der Waals surface area contributed by atoms with Crippen molar-refractivity contribution in [3.63, 3.8) is 0 Å². The van der Waals surface area contributed by atoms with Gasteiger partial charge in [-0.1, -0.05) is 24.3 Å². The Morgan fingerprint density at radius 1 is 1.17 bits per heavy atom. The Labute approximate surface area is 171 Å². The van der Waals surface area contributed by atoms with Gasteiger partial charge in [-0.05, 0) is 51.5 Å². The van der Waals surface area contributed by atoms with Crippen molar-refractivity contribution >= 4 is 12.0 Å². The molecule has 1 unspecified atom stereocenters. The van der Waals surface area contributed by atoms with Crippen LogP contribution in [0.3, 0.4) is 0 Å². The minimum Gasteiger partial charge on any atom is -0.444 e. The van der Waals surface area contributed by atoms with E-state index in [4.69, 9.17) is 4.74 Å². The van der Waals surface area contributed by atoms with Gasteiger partial charge in [0.05, 0.1) is 24.3 Å². The van der Waals surface area contributed by atoms with E-state index >= 15 is 0 Å². The number of carbonyl (C=O) groups is 2. The Morgan fingerprint density at radius 2 is 1.93 bits per heavy atom. The first-order chi connectivity index (χ1) is 13.6. The molecule has 0 radical (unpaired) electrons. The lowest BCUT2D eigenvalue weighted by atomic mass is 10.1. The molecule has 7 nitrogen and oxygen atoms in total. The molecular weight excluding hydrogens is 370 g/mol. The topological polar surface area (TPSA) is 101 Å². The molecule has 0 aliphatic rings. The molecule has 2 rings (SSSR count). The van der Waals surface area contributed by atoms with Gasteiger partial charge in [0, 0.05) is 18.3 Å². The molecule has 1 aromatic carbocycles.